The van der Waals surface area contributed by atoms with Crippen LogP contribution in [0.4, 0.5) is 5.69 Å². The summed E-state index contributed by atoms with van der Waals surface area (Å²) < 4.78 is 0. The Hall–Kier alpha value is -0.670. The number of benzene rings is 1. The lowest BCUT2D eigenvalue weighted by Crippen LogP contribution is -2.16. The number of hydrogen-bond acceptors (Lipinski definition) is 3. The van der Waals surface area contributed by atoms with Gasteiger partial charge in [0, 0.05) is 10.6 Å². The van der Waals surface area contributed by atoms with Crippen LogP contribution >= 0.6 is 12.6 Å². The van der Waals surface area contributed by atoms with Gasteiger partial charge < -0.3 is 10.4 Å². The van der Waals surface area contributed by atoms with Crippen LogP contribution in [0.25, 0.3) is 0 Å². The van der Waals surface area contributed by atoms with E-state index < -0.39 is 6.23 Å². The Morgan fingerprint density at radius 1 is 1.42 bits per heavy atom. The topological polar surface area (TPSA) is 32.3 Å². The molecule has 0 spiro atoms. The monoisotopic (exact) mass is 183 g/mol. The molecule has 0 heterocycles. The molecule has 1 atom stereocenters. The van der Waals surface area contributed by atoms with Crippen LogP contribution in [0, 0.1) is 0 Å². The first-order valence-electron chi connectivity index (χ1n) is 3.96. The molecule has 0 aliphatic rings. The molecule has 12 heavy (non-hydrogen) atoms. The van der Waals surface area contributed by atoms with Crippen LogP contribution in [0.2, 0.25) is 0 Å². The van der Waals surface area contributed by atoms with Crippen molar-refractivity contribution in [2.75, 3.05) is 5.32 Å². The van der Waals surface area contributed by atoms with E-state index in [1.54, 1.807) is 0 Å². The van der Waals surface area contributed by atoms with Crippen molar-refractivity contribution >= 4 is 18.3 Å². The molecule has 0 amide bonds. The van der Waals surface area contributed by atoms with E-state index in [-0.39, 0.29) is 0 Å². The van der Waals surface area contributed by atoms with Gasteiger partial charge in [0.05, 0.1) is 0 Å². The average molecular weight is 183 g/mol. The summed E-state index contributed by atoms with van der Waals surface area (Å²) in [7, 11) is 0. The molecule has 1 rings (SSSR count). The van der Waals surface area contributed by atoms with Crippen molar-refractivity contribution in [1.82, 2.24) is 0 Å². The number of aliphatic hydroxyl groups is 1. The summed E-state index contributed by atoms with van der Waals surface area (Å²) >= 11 is 4.15. The van der Waals surface area contributed by atoms with Crippen LogP contribution < -0.4 is 5.32 Å². The standard InChI is InChI=1S/C9H13NOS/c1-2-9(11)10-7-3-5-8(12)6-4-7/h3-6,9-12H,2H2,1H3. The van der Waals surface area contributed by atoms with Crippen molar-refractivity contribution in [3.8, 4) is 0 Å². The lowest BCUT2D eigenvalue weighted by Gasteiger charge is -2.11. The number of hydrogen-bond donors (Lipinski definition) is 3. The second-order valence-electron chi connectivity index (χ2n) is 2.62. The molecule has 0 aliphatic heterocycles. The Balaban J connectivity index is 2.58. The zero-order valence-corrected chi connectivity index (χ0v) is 7.88. The first kappa shape index (κ1) is 9.42. The summed E-state index contributed by atoms with van der Waals surface area (Å²) in [5, 5.41) is 12.2. The predicted octanol–water partition coefficient (Wildman–Crippen LogP) is 2.12. The Bertz CT molecular complexity index is 235. The molecule has 1 aromatic rings. The normalized spacial score (nSPS) is 12.6. The largest absolute Gasteiger partial charge is 0.374 e. The summed E-state index contributed by atoms with van der Waals surface area (Å²) in [6, 6.07) is 7.55. The van der Waals surface area contributed by atoms with Crippen LogP contribution in [0.1, 0.15) is 13.3 Å². The van der Waals surface area contributed by atoms with Crippen molar-refractivity contribution in [3.63, 3.8) is 0 Å². The summed E-state index contributed by atoms with van der Waals surface area (Å²) in [6.07, 6.45) is 0.235. The van der Waals surface area contributed by atoms with Gasteiger partial charge >= 0.3 is 0 Å². The first-order chi connectivity index (χ1) is 5.72. The molecule has 0 radical (unpaired) electrons. The van der Waals surface area contributed by atoms with E-state index in [0.717, 1.165) is 10.6 Å². The van der Waals surface area contributed by atoms with Crippen LogP contribution in [-0.4, -0.2) is 11.3 Å². The highest BCUT2D eigenvalue weighted by Crippen LogP contribution is 2.12. The minimum Gasteiger partial charge on any atom is -0.374 e. The van der Waals surface area contributed by atoms with Crippen molar-refractivity contribution in [1.29, 1.82) is 0 Å². The van der Waals surface area contributed by atoms with Crippen molar-refractivity contribution in [3.05, 3.63) is 24.3 Å². The molecule has 2 nitrogen and oxygen atoms in total. The van der Waals surface area contributed by atoms with E-state index in [1.165, 1.54) is 0 Å². The van der Waals surface area contributed by atoms with E-state index in [1.807, 2.05) is 31.2 Å². The highest BCUT2D eigenvalue weighted by molar-refractivity contribution is 7.80. The molecule has 0 fully saturated rings. The zero-order chi connectivity index (χ0) is 8.97. The second kappa shape index (κ2) is 4.38. The van der Waals surface area contributed by atoms with Crippen LogP contribution in [-0.2, 0) is 0 Å². The fourth-order valence-corrected chi connectivity index (χ4v) is 1.00. The molecule has 0 saturated heterocycles. The van der Waals surface area contributed by atoms with E-state index in [9.17, 15) is 5.11 Å². The zero-order valence-electron chi connectivity index (χ0n) is 6.99. The molecule has 2 N–H and O–H groups in total. The number of thiol groups is 1. The Labute approximate surface area is 78.0 Å². The van der Waals surface area contributed by atoms with Crippen LogP contribution in [0.15, 0.2) is 29.2 Å². The molecule has 1 unspecified atom stereocenters. The molecule has 66 valence electrons. The highest BCUT2D eigenvalue weighted by Gasteiger charge is 1.98. The minimum absolute atomic E-state index is 0.462. The lowest BCUT2D eigenvalue weighted by molar-refractivity contribution is 0.199. The number of anilines is 1. The van der Waals surface area contributed by atoms with Gasteiger partial charge in [-0.25, -0.2) is 0 Å². The van der Waals surface area contributed by atoms with Gasteiger partial charge in [-0.05, 0) is 30.7 Å². The molecule has 0 bridgehead atoms. The van der Waals surface area contributed by atoms with Gasteiger partial charge in [0.1, 0.15) is 6.23 Å². The van der Waals surface area contributed by atoms with E-state index in [4.69, 9.17) is 0 Å². The third-order valence-electron chi connectivity index (χ3n) is 1.59. The van der Waals surface area contributed by atoms with Crippen molar-refractivity contribution in [2.45, 2.75) is 24.5 Å². The molecule has 0 aliphatic carbocycles. The maximum absolute atomic E-state index is 9.25. The number of rotatable bonds is 3. The average Bonchev–Trinajstić information content (AvgIpc) is 2.09. The van der Waals surface area contributed by atoms with Gasteiger partial charge in [0.2, 0.25) is 0 Å². The van der Waals surface area contributed by atoms with E-state index >= 15 is 0 Å². The fraction of sp³-hybridized carbons (Fsp3) is 0.333. The molecule has 1 aromatic carbocycles. The number of aliphatic hydroxyl groups excluding tert-OH is 1. The Morgan fingerprint density at radius 3 is 2.50 bits per heavy atom. The third-order valence-corrected chi connectivity index (χ3v) is 1.89. The number of nitrogens with one attached hydrogen (secondary N) is 1. The van der Waals surface area contributed by atoms with Crippen molar-refractivity contribution in [2.24, 2.45) is 0 Å². The molecular weight excluding hydrogens is 170 g/mol. The van der Waals surface area contributed by atoms with E-state index in [0.29, 0.717) is 6.42 Å². The maximum atomic E-state index is 9.25. The van der Waals surface area contributed by atoms with Gasteiger partial charge in [-0.3, -0.25) is 0 Å². The third kappa shape index (κ3) is 2.75. The van der Waals surface area contributed by atoms with E-state index in [2.05, 4.69) is 17.9 Å². The lowest BCUT2D eigenvalue weighted by atomic mass is 10.3. The van der Waals surface area contributed by atoms with Gasteiger partial charge in [-0.1, -0.05) is 6.92 Å². The van der Waals surface area contributed by atoms with Gasteiger partial charge in [0.15, 0.2) is 0 Å². The fourth-order valence-electron chi connectivity index (χ4n) is 0.852. The Morgan fingerprint density at radius 2 is 2.00 bits per heavy atom. The summed E-state index contributed by atoms with van der Waals surface area (Å²) in [6.45, 7) is 1.92. The van der Waals surface area contributed by atoms with Crippen LogP contribution in [0.5, 0.6) is 0 Å². The summed E-state index contributed by atoms with van der Waals surface area (Å²) in [5.41, 5.74) is 0.919. The molecule has 3 heteroatoms. The highest BCUT2D eigenvalue weighted by atomic mass is 32.1. The molecule has 0 aromatic heterocycles. The quantitative estimate of drug-likeness (QED) is 0.495. The predicted molar refractivity (Wildman–Crippen MR) is 53.6 cm³/mol. The summed E-state index contributed by atoms with van der Waals surface area (Å²) in [5.74, 6) is 0. The summed E-state index contributed by atoms with van der Waals surface area (Å²) in [4.78, 5) is 0.923. The minimum atomic E-state index is -0.462. The van der Waals surface area contributed by atoms with Gasteiger partial charge in [-0.15, -0.1) is 12.6 Å². The molecular formula is C9H13NOS. The SMILES string of the molecule is CCC(O)Nc1ccc(S)cc1. The van der Waals surface area contributed by atoms with Gasteiger partial charge in [0.25, 0.3) is 0 Å². The maximum Gasteiger partial charge on any atom is 0.124 e. The smallest absolute Gasteiger partial charge is 0.124 e. The molecule has 0 saturated carbocycles. The van der Waals surface area contributed by atoms with Gasteiger partial charge in [-0.2, -0.15) is 0 Å². The van der Waals surface area contributed by atoms with Crippen LogP contribution in [0.3, 0.4) is 0 Å². The van der Waals surface area contributed by atoms with Crippen molar-refractivity contribution < 1.29 is 5.11 Å². The first-order valence-corrected chi connectivity index (χ1v) is 4.40. The Kier molecular flexibility index (Phi) is 3.44. The second-order valence-corrected chi connectivity index (χ2v) is 3.13.